The van der Waals surface area contributed by atoms with Gasteiger partial charge in [-0.15, -0.1) is 5.10 Å². The molecular weight excluding hydrogens is 330 g/mol. The standard InChI is InChI=1S/C18H19N7O.H2/c1-2-16(20-13-6-8-26-9-7-13)25-17(3-1)22-18(24-25)21-14-5-4-12-11-19-23-15(12)10-14;/h1-5,10-11,13,20H,6-9H2,(H,19,23)(H,21,24);1H. The third kappa shape index (κ3) is 2.84. The first-order valence-electron chi connectivity index (χ1n) is 8.75. The maximum absolute atomic E-state index is 5.43. The number of hydrogen-bond donors (Lipinski definition) is 3. The number of H-pyrrole nitrogens is 1. The number of rotatable bonds is 4. The summed E-state index contributed by atoms with van der Waals surface area (Å²) in [6, 6.07) is 12.4. The Balaban J connectivity index is 0.00000180. The molecular formula is C18H21N7O. The summed E-state index contributed by atoms with van der Waals surface area (Å²) in [5, 5.41) is 19.5. The molecule has 8 nitrogen and oxygen atoms in total. The van der Waals surface area contributed by atoms with Crippen molar-refractivity contribution in [1.82, 2.24) is 24.8 Å². The van der Waals surface area contributed by atoms with Gasteiger partial charge in [0.2, 0.25) is 5.95 Å². The highest BCUT2D eigenvalue weighted by Crippen LogP contribution is 2.21. The Labute approximate surface area is 151 Å². The van der Waals surface area contributed by atoms with Crippen molar-refractivity contribution in [3.8, 4) is 0 Å². The third-order valence-corrected chi connectivity index (χ3v) is 4.63. The van der Waals surface area contributed by atoms with Gasteiger partial charge in [0.25, 0.3) is 0 Å². The van der Waals surface area contributed by atoms with Crippen molar-refractivity contribution in [2.24, 2.45) is 0 Å². The predicted octanol–water partition coefficient (Wildman–Crippen LogP) is 3.19. The highest BCUT2D eigenvalue weighted by Gasteiger charge is 2.15. The number of nitrogens with one attached hydrogen (secondary N) is 3. The van der Waals surface area contributed by atoms with Crippen LogP contribution in [0.4, 0.5) is 17.5 Å². The maximum atomic E-state index is 5.43. The fraction of sp³-hybridized carbons (Fsp3) is 0.278. The Bertz CT molecular complexity index is 1050. The lowest BCUT2D eigenvalue weighted by molar-refractivity contribution is 0.0903. The molecule has 1 aliphatic heterocycles. The minimum atomic E-state index is 0. The first kappa shape index (κ1) is 15.2. The van der Waals surface area contributed by atoms with Crippen LogP contribution in [0.3, 0.4) is 0 Å². The van der Waals surface area contributed by atoms with E-state index in [9.17, 15) is 0 Å². The summed E-state index contributed by atoms with van der Waals surface area (Å²) in [4.78, 5) is 4.58. The predicted molar refractivity (Wildman–Crippen MR) is 102 cm³/mol. The quantitative estimate of drug-likeness (QED) is 0.523. The second kappa shape index (κ2) is 6.30. The fourth-order valence-electron chi connectivity index (χ4n) is 3.26. The molecule has 5 rings (SSSR count). The second-order valence-corrected chi connectivity index (χ2v) is 6.44. The van der Waals surface area contributed by atoms with Crippen LogP contribution in [-0.4, -0.2) is 44.1 Å². The molecule has 3 aromatic heterocycles. The summed E-state index contributed by atoms with van der Waals surface area (Å²) in [5.41, 5.74) is 2.68. The zero-order valence-electron chi connectivity index (χ0n) is 14.1. The van der Waals surface area contributed by atoms with Crippen LogP contribution in [0.25, 0.3) is 16.6 Å². The molecule has 0 unspecified atom stereocenters. The van der Waals surface area contributed by atoms with Gasteiger partial charge in [0.05, 0.1) is 11.7 Å². The Kier molecular flexibility index (Phi) is 3.67. The van der Waals surface area contributed by atoms with Gasteiger partial charge < -0.3 is 15.4 Å². The molecule has 8 heteroatoms. The van der Waals surface area contributed by atoms with Crippen molar-refractivity contribution >= 4 is 34.0 Å². The Morgan fingerprint density at radius 1 is 1.19 bits per heavy atom. The van der Waals surface area contributed by atoms with E-state index in [0.717, 1.165) is 54.1 Å². The van der Waals surface area contributed by atoms with Gasteiger partial charge >= 0.3 is 0 Å². The number of aromatic nitrogens is 5. The summed E-state index contributed by atoms with van der Waals surface area (Å²) in [5.74, 6) is 1.50. The number of aromatic amines is 1. The zero-order chi connectivity index (χ0) is 17.3. The smallest absolute Gasteiger partial charge is 0.247 e. The molecule has 3 N–H and O–H groups in total. The average Bonchev–Trinajstić information content (AvgIpc) is 3.29. The maximum Gasteiger partial charge on any atom is 0.247 e. The van der Waals surface area contributed by atoms with E-state index in [4.69, 9.17) is 4.74 Å². The summed E-state index contributed by atoms with van der Waals surface area (Å²) >= 11 is 0. The molecule has 0 bridgehead atoms. The van der Waals surface area contributed by atoms with Gasteiger partial charge in [0, 0.05) is 31.8 Å². The van der Waals surface area contributed by atoms with Crippen molar-refractivity contribution < 1.29 is 6.16 Å². The molecule has 0 amide bonds. The van der Waals surface area contributed by atoms with E-state index in [1.165, 1.54) is 0 Å². The van der Waals surface area contributed by atoms with Gasteiger partial charge in [-0.25, -0.2) is 0 Å². The lowest BCUT2D eigenvalue weighted by atomic mass is 10.1. The summed E-state index contributed by atoms with van der Waals surface area (Å²) < 4.78 is 7.27. The van der Waals surface area contributed by atoms with Gasteiger partial charge in [-0.3, -0.25) is 5.10 Å². The van der Waals surface area contributed by atoms with Gasteiger partial charge in [0.15, 0.2) is 5.65 Å². The first-order valence-corrected chi connectivity index (χ1v) is 8.75. The summed E-state index contributed by atoms with van der Waals surface area (Å²) in [7, 11) is 0. The van der Waals surface area contributed by atoms with E-state index in [2.05, 4.69) is 30.9 Å². The number of ether oxygens (including phenoxy) is 1. The lowest BCUT2D eigenvalue weighted by Gasteiger charge is -2.24. The van der Waals surface area contributed by atoms with Crippen molar-refractivity contribution in [2.45, 2.75) is 18.9 Å². The molecule has 1 saturated heterocycles. The Hall–Kier alpha value is -3.13. The van der Waals surface area contributed by atoms with Gasteiger partial charge in [-0.2, -0.15) is 14.6 Å². The second-order valence-electron chi connectivity index (χ2n) is 6.44. The van der Waals surface area contributed by atoms with E-state index in [0.29, 0.717) is 12.0 Å². The van der Waals surface area contributed by atoms with Crippen molar-refractivity contribution in [1.29, 1.82) is 0 Å². The Morgan fingerprint density at radius 2 is 2.12 bits per heavy atom. The molecule has 134 valence electrons. The molecule has 1 fully saturated rings. The van der Waals surface area contributed by atoms with Crippen molar-refractivity contribution in [2.75, 3.05) is 23.8 Å². The van der Waals surface area contributed by atoms with Gasteiger partial charge in [0.1, 0.15) is 5.82 Å². The molecule has 1 aromatic carbocycles. The lowest BCUT2D eigenvalue weighted by Crippen LogP contribution is -2.28. The van der Waals surface area contributed by atoms with Crippen LogP contribution in [0.5, 0.6) is 0 Å². The SMILES string of the molecule is [HH].c1cc(NC2CCOCC2)n2nc(Nc3ccc4cn[nH]c4c3)nc2c1. The topological polar surface area (TPSA) is 92.2 Å². The average molecular weight is 351 g/mol. The van der Waals surface area contributed by atoms with Crippen LogP contribution in [-0.2, 0) is 4.74 Å². The van der Waals surface area contributed by atoms with Crippen LogP contribution in [0.2, 0.25) is 0 Å². The van der Waals surface area contributed by atoms with Crippen LogP contribution in [0.1, 0.15) is 14.3 Å². The van der Waals surface area contributed by atoms with E-state index >= 15 is 0 Å². The first-order chi connectivity index (χ1) is 12.8. The fourth-order valence-corrected chi connectivity index (χ4v) is 3.26. The van der Waals surface area contributed by atoms with E-state index < -0.39 is 0 Å². The highest BCUT2D eigenvalue weighted by atomic mass is 16.5. The molecule has 0 aliphatic carbocycles. The van der Waals surface area contributed by atoms with Gasteiger partial charge in [-0.05, 0) is 43.2 Å². The van der Waals surface area contributed by atoms with E-state index in [1.807, 2.05) is 40.9 Å². The van der Waals surface area contributed by atoms with E-state index in [1.54, 1.807) is 6.20 Å². The third-order valence-electron chi connectivity index (χ3n) is 4.63. The number of nitrogens with zero attached hydrogens (tertiary/aromatic N) is 4. The highest BCUT2D eigenvalue weighted by molar-refractivity contribution is 5.82. The number of pyridine rings is 1. The number of anilines is 3. The molecule has 0 radical (unpaired) electrons. The van der Waals surface area contributed by atoms with E-state index in [-0.39, 0.29) is 1.43 Å². The Morgan fingerprint density at radius 3 is 3.04 bits per heavy atom. The van der Waals surface area contributed by atoms with Crippen LogP contribution in [0.15, 0.2) is 42.6 Å². The van der Waals surface area contributed by atoms with Crippen LogP contribution in [0, 0.1) is 0 Å². The minimum Gasteiger partial charge on any atom is -0.381 e. The molecule has 4 aromatic rings. The number of hydrogen-bond acceptors (Lipinski definition) is 6. The largest absolute Gasteiger partial charge is 0.381 e. The summed E-state index contributed by atoms with van der Waals surface area (Å²) in [6.07, 6.45) is 3.80. The zero-order valence-corrected chi connectivity index (χ0v) is 14.1. The monoisotopic (exact) mass is 351 g/mol. The molecule has 26 heavy (non-hydrogen) atoms. The number of fused-ring (bicyclic) bond motifs is 2. The van der Waals surface area contributed by atoms with Gasteiger partial charge in [-0.1, -0.05) is 6.07 Å². The molecule has 0 spiro atoms. The molecule has 0 saturated carbocycles. The molecule has 4 heterocycles. The normalized spacial score (nSPS) is 15.5. The van der Waals surface area contributed by atoms with Crippen molar-refractivity contribution in [3.63, 3.8) is 0 Å². The summed E-state index contributed by atoms with van der Waals surface area (Å²) in [6.45, 7) is 1.60. The van der Waals surface area contributed by atoms with Crippen molar-refractivity contribution in [3.05, 3.63) is 42.6 Å². The number of benzene rings is 1. The molecule has 0 atom stereocenters. The van der Waals surface area contributed by atoms with Crippen LogP contribution >= 0.6 is 0 Å². The molecule has 1 aliphatic rings. The minimum absolute atomic E-state index is 0. The van der Waals surface area contributed by atoms with Crippen LogP contribution < -0.4 is 10.6 Å².